The van der Waals surface area contributed by atoms with Crippen LogP contribution in [0.4, 0.5) is 9.18 Å². The van der Waals surface area contributed by atoms with Crippen LogP contribution in [0.3, 0.4) is 0 Å². The molecule has 9 nitrogen and oxygen atoms in total. The topological polar surface area (TPSA) is 83.6 Å². The first-order valence-electron chi connectivity index (χ1n) is 18.1. The van der Waals surface area contributed by atoms with Gasteiger partial charge in [-0.1, -0.05) is 60.7 Å². The highest BCUT2D eigenvalue weighted by Gasteiger charge is 2.37. The molecule has 4 aromatic rings. The van der Waals surface area contributed by atoms with Crippen LogP contribution < -0.4 is 14.8 Å². The minimum absolute atomic E-state index is 0.0231. The molecule has 0 saturated carbocycles. The molecule has 2 aliphatic heterocycles. The minimum Gasteiger partial charge on any atom is -0.497 e. The van der Waals surface area contributed by atoms with E-state index in [1.54, 1.807) is 19.2 Å². The average Bonchev–Trinajstić information content (AvgIpc) is 3.17. The van der Waals surface area contributed by atoms with Crippen molar-refractivity contribution in [1.29, 1.82) is 0 Å². The van der Waals surface area contributed by atoms with Crippen LogP contribution in [0.2, 0.25) is 0 Å². The summed E-state index contributed by atoms with van der Waals surface area (Å²) in [7, 11) is 1.69. The minimum atomic E-state index is -0.691. The Morgan fingerprint density at radius 1 is 0.882 bits per heavy atom. The summed E-state index contributed by atoms with van der Waals surface area (Å²) in [6.45, 7) is 7.62. The van der Waals surface area contributed by atoms with Crippen LogP contribution >= 0.6 is 0 Å². The lowest BCUT2D eigenvalue weighted by Gasteiger charge is -2.40. The van der Waals surface area contributed by atoms with Crippen LogP contribution in [0.1, 0.15) is 36.5 Å². The summed E-state index contributed by atoms with van der Waals surface area (Å²) < 4.78 is 31.5. The molecule has 0 spiro atoms. The fraction of sp³-hybridized carbons (Fsp3) is 0.415. The molecule has 0 aliphatic carbocycles. The zero-order valence-electron chi connectivity index (χ0n) is 29.7. The predicted molar refractivity (Wildman–Crippen MR) is 196 cm³/mol. The Labute approximate surface area is 300 Å². The van der Waals surface area contributed by atoms with Gasteiger partial charge >= 0.3 is 6.09 Å². The summed E-state index contributed by atoms with van der Waals surface area (Å²) in [4.78, 5) is 33.7. The van der Waals surface area contributed by atoms with Crippen LogP contribution in [0.25, 0.3) is 10.8 Å². The Hall–Kier alpha value is -4.67. The Balaban J connectivity index is 1.07. The zero-order valence-corrected chi connectivity index (χ0v) is 29.7. The zero-order chi connectivity index (χ0) is 35.6. The molecular formula is C41H49FN4O5. The number of ether oxygens (including phenoxy) is 3. The summed E-state index contributed by atoms with van der Waals surface area (Å²) in [6.07, 6.45) is 1.89. The summed E-state index contributed by atoms with van der Waals surface area (Å²) >= 11 is 0. The molecule has 2 heterocycles. The number of alkyl carbamates (subject to hydrolysis) is 1. The molecule has 10 heteroatoms. The summed E-state index contributed by atoms with van der Waals surface area (Å²) in [5, 5.41) is 5.38. The molecule has 0 bridgehead atoms. The highest BCUT2D eigenvalue weighted by molar-refractivity contribution is 5.87. The van der Waals surface area contributed by atoms with E-state index >= 15 is 0 Å². The van der Waals surface area contributed by atoms with E-state index in [4.69, 9.17) is 14.2 Å². The second-order valence-electron chi connectivity index (χ2n) is 13.4. The van der Waals surface area contributed by atoms with Crippen LogP contribution in [-0.4, -0.2) is 92.3 Å². The number of piperidine rings is 1. The third-order valence-corrected chi connectivity index (χ3v) is 10.2. The van der Waals surface area contributed by atoms with Gasteiger partial charge in [0, 0.05) is 44.8 Å². The lowest BCUT2D eigenvalue weighted by atomic mass is 9.88. The van der Waals surface area contributed by atoms with E-state index in [0.717, 1.165) is 50.2 Å². The number of amides is 2. The molecule has 2 aliphatic rings. The normalized spacial score (nSPS) is 16.5. The lowest BCUT2D eigenvalue weighted by molar-refractivity contribution is -0.137. The first-order chi connectivity index (χ1) is 24.9. The maximum absolute atomic E-state index is 14.8. The van der Waals surface area contributed by atoms with Gasteiger partial charge in [0.15, 0.2) is 0 Å². The van der Waals surface area contributed by atoms with Crippen molar-refractivity contribution < 1.29 is 28.2 Å². The standard InChI is InChI=1S/C41H49FN4O5/c1-3-50-38-14-8-13-37(42)36(38)28-45-23-25-46(26-24-45)40(47)39(43-41(48)51-29-30-9-5-4-6-10-30)33-18-21-44(22-19-33)20-17-32-12-7-11-31-15-16-34(49-2)27-35(31)32/h4-16,27,33,39H,3,17-26,28-29H2,1-2H3,(H,43,48)/t39-/m1/s1. The molecule has 0 aromatic heterocycles. The third kappa shape index (κ3) is 9.36. The van der Waals surface area contributed by atoms with Crippen molar-refractivity contribution in [3.05, 3.63) is 107 Å². The van der Waals surface area contributed by atoms with E-state index in [1.807, 2.05) is 48.2 Å². The molecular weight excluding hydrogens is 647 g/mol. The van der Waals surface area contributed by atoms with Crippen LogP contribution in [0.5, 0.6) is 11.5 Å². The Bertz CT molecular complexity index is 1760. The summed E-state index contributed by atoms with van der Waals surface area (Å²) in [6, 6.07) is 26.3. The number of nitrogens with one attached hydrogen (secondary N) is 1. The molecule has 2 amide bonds. The van der Waals surface area contributed by atoms with Gasteiger partial charge in [-0.2, -0.15) is 0 Å². The number of hydrogen-bond donors (Lipinski definition) is 1. The van der Waals surface area contributed by atoms with E-state index in [9.17, 15) is 14.0 Å². The molecule has 4 aromatic carbocycles. The Morgan fingerprint density at radius 3 is 2.39 bits per heavy atom. The number of nitrogens with zero attached hydrogens (tertiary/aromatic N) is 3. The molecule has 2 saturated heterocycles. The van der Waals surface area contributed by atoms with E-state index in [-0.39, 0.29) is 24.2 Å². The van der Waals surface area contributed by atoms with Crippen molar-refractivity contribution in [3.63, 3.8) is 0 Å². The fourth-order valence-electron chi connectivity index (χ4n) is 7.25. The largest absolute Gasteiger partial charge is 0.497 e. The van der Waals surface area contributed by atoms with Gasteiger partial charge in [-0.15, -0.1) is 0 Å². The second kappa shape index (κ2) is 17.5. The van der Waals surface area contributed by atoms with Crippen LogP contribution in [0.15, 0.2) is 84.9 Å². The van der Waals surface area contributed by atoms with Crippen molar-refractivity contribution in [2.24, 2.45) is 5.92 Å². The lowest BCUT2D eigenvalue weighted by Crippen LogP contribution is -2.58. The Morgan fingerprint density at radius 2 is 1.65 bits per heavy atom. The number of halogens is 1. The maximum atomic E-state index is 14.8. The average molecular weight is 697 g/mol. The highest BCUT2D eigenvalue weighted by Crippen LogP contribution is 2.28. The number of likely N-dealkylation sites (tertiary alicyclic amines) is 1. The smallest absolute Gasteiger partial charge is 0.408 e. The number of hydrogen-bond acceptors (Lipinski definition) is 7. The molecule has 1 atom stereocenters. The highest BCUT2D eigenvalue weighted by atomic mass is 19.1. The monoisotopic (exact) mass is 696 g/mol. The van der Waals surface area contributed by atoms with Gasteiger partial charge < -0.3 is 29.3 Å². The molecule has 0 unspecified atom stereocenters. The van der Waals surface area contributed by atoms with E-state index in [1.165, 1.54) is 22.4 Å². The van der Waals surface area contributed by atoms with Gasteiger partial charge in [0.2, 0.25) is 5.91 Å². The van der Waals surface area contributed by atoms with E-state index < -0.39 is 12.1 Å². The second-order valence-corrected chi connectivity index (χ2v) is 13.4. The Kier molecular flexibility index (Phi) is 12.4. The van der Waals surface area contributed by atoms with Gasteiger partial charge in [-0.25, -0.2) is 9.18 Å². The van der Waals surface area contributed by atoms with Crippen molar-refractivity contribution in [2.75, 3.05) is 59.5 Å². The number of piperazine rings is 1. The first kappa shape index (κ1) is 36.1. The first-order valence-corrected chi connectivity index (χ1v) is 18.1. The summed E-state index contributed by atoms with van der Waals surface area (Å²) in [5.41, 5.74) is 2.70. The number of fused-ring (bicyclic) bond motifs is 1. The molecule has 0 radical (unpaired) electrons. The fourth-order valence-corrected chi connectivity index (χ4v) is 7.25. The molecule has 270 valence electrons. The van der Waals surface area contributed by atoms with Crippen molar-refractivity contribution >= 4 is 22.8 Å². The number of rotatable bonds is 13. The van der Waals surface area contributed by atoms with Gasteiger partial charge in [-0.3, -0.25) is 9.69 Å². The van der Waals surface area contributed by atoms with Crippen molar-refractivity contribution in [3.8, 4) is 11.5 Å². The van der Waals surface area contributed by atoms with Crippen molar-refractivity contribution in [2.45, 2.75) is 45.4 Å². The van der Waals surface area contributed by atoms with E-state index in [0.29, 0.717) is 50.6 Å². The molecule has 51 heavy (non-hydrogen) atoms. The predicted octanol–water partition coefficient (Wildman–Crippen LogP) is 6.28. The molecule has 2 fully saturated rings. The number of carbonyl (C=O) groups excluding carboxylic acids is 2. The number of methoxy groups -OCH3 is 1. The van der Waals surface area contributed by atoms with E-state index in [2.05, 4.69) is 45.4 Å². The summed E-state index contributed by atoms with van der Waals surface area (Å²) in [5.74, 6) is 1.00. The van der Waals surface area contributed by atoms with Gasteiger partial charge in [-0.05, 0) is 91.4 Å². The van der Waals surface area contributed by atoms with Gasteiger partial charge in [0.1, 0.15) is 30.0 Å². The number of benzene rings is 4. The maximum Gasteiger partial charge on any atom is 0.408 e. The quantitative estimate of drug-likeness (QED) is 0.176. The van der Waals surface area contributed by atoms with Crippen molar-refractivity contribution in [1.82, 2.24) is 20.0 Å². The van der Waals surface area contributed by atoms with Gasteiger partial charge in [0.25, 0.3) is 0 Å². The molecule has 1 N–H and O–H groups in total. The van der Waals surface area contributed by atoms with Gasteiger partial charge in [0.05, 0.1) is 13.7 Å². The van der Waals surface area contributed by atoms with Crippen LogP contribution in [-0.2, 0) is 29.1 Å². The molecule has 6 rings (SSSR count). The van der Waals surface area contributed by atoms with Crippen LogP contribution in [0, 0.1) is 11.7 Å². The number of carbonyl (C=O) groups is 2. The third-order valence-electron chi connectivity index (χ3n) is 10.2. The SMILES string of the molecule is CCOc1cccc(F)c1CN1CCN(C(=O)[C@H](NC(=O)OCc2ccccc2)C2CCN(CCc3cccc4ccc(OC)cc34)CC2)CC1.